The fraction of sp³-hybridized carbons (Fsp3) is 0.250. The first kappa shape index (κ1) is 15.6. The average molecular weight is 304 g/mol. The van der Waals surface area contributed by atoms with Crippen LogP contribution < -0.4 is 18.9 Å². The molecule has 0 unspecified atom stereocenters. The lowest BCUT2D eigenvalue weighted by Crippen LogP contribution is -2.06. The number of hydrogen-bond donors (Lipinski definition) is 0. The van der Waals surface area contributed by atoms with Gasteiger partial charge in [-0.25, -0.2) is 0 Å². The summed E-state index contributed by atoms with van der Waals surface area (Å²) >= 11 is 0. The number of carbonyl (C=O) groups is 2. The summed E-state index contributed by atoms with van der Waals surface area (Å²) in [4.78, 5) is 22.7. The average Bonchev–Trinajstić information content (AvgIpc) is 2.47. The molecule has 6 heteroatoms. The summed E-state index contributed by atoms with van der Waals surface area (Å²) < 4.78 is 21.0. The first-order valence-corrected chi connectivity index (χ1v) is 6.52. The van der Waals surface area contributed by atoms with E-state index in [1.807, 2.05) is 0 Å². The molecule has 0 bridgehead atoms. The molecule has 0 N–H and O–H groups in total. The zero-order valence-electron chi connectivity index (χ0n) is 12.8. The third-order valence-electron chi connectivity index (χ3n) is 2.94. The molecular weight excluding hydrogens is 288 g/mol. The van der Waals surface area contributed by atoms with E-state index < -0.39 is 11.9 Å². The van der Waals surface area contributed by atoms with Crippen LogP contribution in [-0.4, -0.2) is 26.2 Å². The smallest absolute Gasteiger partial charge is 0.308 e. The van der Waals surface area contributed by atoms with E-state index in [1.165, 1.54) is 34.1 Å². The molecule has 0 fully saturated rings. The minimum Gasteiger partial charge on any atom is -0.496 e. The van der Waals surface area contributed by atoms with E-state index in [2.05, 4.69) is 0 Å². The third kappa shape index (κ3) is 2.95. The molecule has 0 saturated carbocycles. The number of hydrogen-bond acceptors (Lipinski definition) is 6. The Balaban J connectivity index is 2.84. The normalized spacial score (nSPS) is 10.2. The topological polar surface area (TPSA) is 71.1 Å². The van der Waals surface area contributed by atoms with Crippen molar-refractivity contribution in [2.45, 2.75) is 13.8 Å². The molecule has 0 amide bonds. The van der Waals surface area contributed by atoms with E-state index in [1.54, 1.807) is 18.2 Å². The van der Waals surface area contributed by atoms with Gasteiger partial charge in [0, 0.05) is 25.3 Å². The summed E-state index contributed by atoms with van der Waals surface area (Å²) in [6.07, 6.45) is 0. The van der Waals surface area contributed by atoms with Crippen molar-refractivity contribution in [1.29, 1.82) is 0 Å². The van der Waals surface area contributed by atoms with Gasteiger partial charge in [0.15, 0.2) is 11.5 Å². The number of carbonyl (C=O) groups excluding carboxylic acids is 2. The lowest BCUT2D eigenvalue weighted by Gasteiger charge is -2.16. The van der Waals surface area contributed by atoms with Crippen molar-refractivity contribution < 1.29 is 28.5 Å². The summed E-state index contributed by atoms with van der Waals surface area (Å²) in [6.45, 7) is 2.60. The van der Waals surface area contributed by atoms with Crippen molar-refractivity contribution in [1.82, 2.24) is 0 Å². The van der Waals surface area contributed by atoms with Crippen molar-refractivity contribution in [2.75, 3.05) is 14.2 Å². The van der Waals surface area contributed by atoms with Gasteiger partial charge in [-0.05, 0) is 6.07 Å². The number of methoxy groups -OCH3 is 2. The minimum absolute atomic E-state index is 0.250. The maximum Gasteiger partial charge on any atom is 0.308 e. The van der Waals surface area contributed by atoms with Crippen molar-refractivity contribution in [3.05, 3.63) is 24.3 Å². The summed E-state index contributed by atoms with van der Waals surface area (Å²) in [7, 11) is 2.94. The van der Waals surface area contributed by atoms with Crippen LogP contribution in [0.4, 0.5) is 0 Å². The Labute approximate surface area is 127 Å². The van der Waals surface area contributed by atoms with Gasteiger partial charge in [-0.15, -0.1) is 0 Å². The molecule has 0 aliphatic carbocycles. The largest absolute Gasteiger partial charge is 0.496 e. The first-order valence-electron chi connectivity index (χ1n) is 6.52. The molecule has 2 rings (SSSR count). The second-order valence-corrected chi connectivity index (χ2v) is 4.48. The third-order valence-corrected chi connectivity index (χ3v) is 2.94. The Bertz CT molecular complexity index is 735. The zero-order valence-corrected chi connectivity index (χ0v) is 12.8. The summed E-state index contributed by atoms with van der Waals surface area (Å²) in [6, 6.07) is 6.68. The van der Waals surface area contributed by atoms with Gasteiger partial charge in [0.25, 0.3) is 0 Å². The van der Waals surface area contributed by atoms with Gasteiger partial charge >= 0.3 is 11.9 Å². The fourth-order valence-electron chi connectivity index (χ4n) is 2.17. The summed E-state index contributed by atoms with van der Waals surface area (Å²) in [5, 5.41) is 1.07. The van der Waals surface area contributed by atoms with E-state index in [0.717, 1.165) is 0 Å². The fourth-order valence-corrected chi connectivity index (χ4v) is 2.17. The van der Waals surface area contributed by atoms with Gasteiger partial charge in [0.1, 0.15) is 11.5 Å². The zero-order chi connectivity index (χ0) is 16.3. The van der Waals surface area contributed by atoms with Crippen LogP contribution in [0.1, 0.15) is 13.8 Å². The molecule has 0 heterocycles. The van der Waals surface area contributed by atoms with Crippen LogP contribution in [0.5, 0.6) is 23.0 Å². The van der Waals surface area contributed by atoms with E-state index in [9.17, 15) is 9.59 Å². The molecule has 6 nitrogen and oxygen atoms in total. The highest BCUT2D eigenvalue weighted by molar-refractivity contribution is 6.01. The van der Waals surface area contributed by atoms with Crippen LogP contribution in [0.15, 0.2) is 24.3 Å². The molecule has 0 aromatic heterocycles. The van der Waals surface area contributed by atoms with Gasteiger partial charge in [-0.2, -0.15) is 0 Å². The van der Waals surface area contributed by atoms with Gasteiger partial charge in [0.2, 0.25) is 0 Å². The standard InChI is InChI=1S/C16H16O6/c1-9(17)21-13-8-14(20-4)16(22-10(2)18)11-6-5-7-12(19-3)15(11)13/h5-8H,1-4H3. The molecule has 0 aliphatic heterocycles. The number of fused-ring (bicyclic) bond motifs is 1. The Morgan fingerprint density at radius 3 is 2.05 bits per heavy atom. The number of esters is 2. The van der Waals surface area contributed by atoms with Gasteiger partial charge in [-0.3, -0.25) is 9.59 Å². The van der Waals surface area contributed by atoms with Crippen molar-refractivity contribution in [2.24, 2.45) is 0 Å². The summed E-state index contributed by atoms with van der Waals surface area (Å²) in [5.74, 6) is 0.335. The SMILES string of the molecule is COc1cc(OC(C)=O)c2c(OC)cccc2c1OC(C)=O. The minimum atomic E-state index is -0.484. The predicted molar refractivity (Wildman–Crippen MR) is 79.7 cm³/mol. The quantitative estimate of drug-likeness (QED) is 0.639. The molecule has 22 heavy (non-hydrogen) atoms. The van der Waals surface area contributed by atoms with Crippen LogP contribution in [0.25, 0.3) is 10.8 Å². The lowest BCUT2D eigenvalue weighted by molar-refractivity contribution is -0.133. The predicted octanol–water partition coefficient (Wildman–Crippen LogP) is 2.71. The molecule has 0 aliphatic rings. The maximum atomic E-state index is 11.3. The second kappa shape index (κ2) is 6.34. The van der Waals surface area contributed by atoms with Crippen LogP contribution >= 0.6 is 0 Å². The van der Waals surface area contributed by atoms with Gasteiger partial charge in [-0.1, -0.05) is 12.1 Å². The molecule has 2 aromatic rings. The van der Waals surface area contributed by atoms with Gasteiger partial charge in [0.05, 0.1) is 19.6 Å². The Hall–Kier alpha value is -2.76. The van der Waals surface area contributed by atoms with Crippen molar-refractivity contribution >= 4 is 22.7 Å². The molecule has 0 saturated heterocycles. The van der Waals surface area contributed by atoms with E-state index >= 15 is 0 Å². The molecule has 2 aromatic carbocycles. The maximum absolute atomic E-state index is 11.3. The number of ether oxygens (including phenoxy) is 4. The highest BCUT2D eigenvalue weighted by Crippen LogP contribution is 2.45. The lowest BCUT2D eigenvalue weighted by atomic mass is 10.1. The monoisotopic (exact) mass is 304 g/mol. The second-order valence-electron chi connectivity index (χ2n) is 4.48. The Morgan fingerprint density at radius 1 is 0.864 bits per heavy atom. The van der Waals surface area contributed by atoms with Gasteiger partial charge < -0.3 is 18.9 Å². The highest BCUT2D eigenvalue weighted by atomic mass is 16.6. The molecule has 0 atom stereocenters. The first-order chi connectivity index (χ1) is 10.5. The molecule has 0 radical (unpaired) electrons. The van der Waals surface area contributed by atoms with Crippen LogP contribution in [-0.2, 0) is 9.59 Å². The molecular formula is C16H16O6. The number of rotatable bonds is 4. The van der Waals surface area contributed by atoms with E-state index in [-0.39, 0.29) is 17.2 Å². The van der Waals surface area contributed by atoms with E-state index in [0.29, 0.717) is 16.5 Å². The van der Waals surface area contributed by atoms with Crippen molar-refractivity contribution in [3.8, 4) is 23.0 Å². The van der Waals surface area contributed by atoms with Crippen LogP contribution in [0, 0.1) is 0 Å². The highest BCUT2D eigenvalue weighted by Gasteiger charge is 2.20. The Kier molecular flexibility index (Phi) is 4.50. The molecule has 0 spiro atoms. The number of benzene rings is 2. The van der Waals surface area contributed by atoms with E-state index in [4.69, 9.17) is 18.9 Å². The van der Waals surface area contributed by atoms with Crippen LogP contribution in [0.2, 0.25) is 0 Å². The van der Waals surface area contributed by atoms with Crippen LogP contribution in [0.3, 0.4) is 0 Å². The molecule has 116 valence electrons. The van der Waals surface area contributed by atoms with Crippen molar-refractivity contribution in [3.63, 3.8) is 0 Å². The summed E-state index contributed by atoms with van der Waals surface area (Å²) in [5.41, 5.74) is 0. The Morgan fingerprint density at radius 2 is 1.50 bits per heavy atom.